The van der Waals surface area contributed by atoms with Crippen molar-refractivity contribution in [2.75, 3.05) is 32.1 Å². The zero-order valence-electron chi connectivity index (χ0n) is 11.1. The quantitative estimate of drug-likeness (QED) is 0.844. The van der Waals surface area contributed by atoms with Crippen LogP contribution in [0.15, 0.2) is 24.3 Å². The topological polar surface area (TPSA) is 59.6 Å². The van der Waals surface area contributed by atoms with Gasteiger partial charge in [0.1, 0.15) is 12.4 Å². The van der Waals surface area contributed by atoms with Crippen molar-refractivity contribution in [3.8, 4) is 5.75 Å². The van der Waals surface area contributed by atoms with E-state index < -0.39 is 0 Å². The number of methoxy groups -OCH3 is 1. The van der Waals surface area contributed by atoms with Crippen LogP contribution in [0.2, 0.25) is 0 Å². The van der Waals surface area contributed by atoms with E-state index in [2.05, 4.69) is 10.6 Å². The van der Waals surface area contributed by atoms with Crippen molar-refractivity contribution in [2.45, 2.75) is 18.9 Å². The van der Waals surface area contributed by atoms with E-state index in [4.69, 9.17) is 9.47 Å². The minimum Gasteiger partial charge on any atom is -0.497 e. The zero-order valence-corrected chi connectivity index (χ0v) is 11.1. The molecule has 5 heteroatoms. The number of nitrogens with one attached hydrogen (secondary N) is 2. The number of amides is 1. The largest absolute Gasteiger partial charge is 0.497 e. The molecule has 0 radical (unpaired) electrons. The van der Waals surface area contributed by atoms with Gasteiger partial charge in [-0.2, -0.15) is 0 Å². The lowest BCUT2D eigenvalue weighted by atomic mass is 10.1. The van der Waals surface area contributed by atoms with Crippen LogP contribution in [0.1, 0.15) is 12.8 Å². The maximum absolute atomic E-state index is 11.7. The van der Waals surface area contributed by atoms with Crippen LogP contribution in [0.5, 0.6) is 5.75 Å². The van der Waals surface area contributed by atoms with Gasteiger partial charge in [0.2, 0.25) is 5.91 Å². The summed E-state index contributed by atoms with van der Waals surface area (Å²) < 4.78 is 10.6. The molecule has 0 bridgehead atoms. The normalized spacial score (nSPS) is 18.9. The molecule has 5 nitrogen and oxygen atoms in total. The highest BCUT2D eigenvalue weighted by atomic mass is 16.5. The molecule has 0 spiro atoms. The lowest BCUT2D eigenvalue weighted by Gasteiger charge is -2.22. The fraction of sp³-hybridized carbons (Fsp3) is 0.500. The molecule has 1 heterocycles. The van der Waals surface area contributed by atoms with Crippen molar-refractivity contribution in [2.24, 2.45) is 0 Å². The fourth-order valence-corrected chi connectivity index (χ4v) is 2.03. The summed E-state index contributed by atoms with van der Waals surface area (Å²) >= 11 is 0. The molecule has 0 aromatic heterocycles. The van der Waals surface area contributed by atoms with Crippen molar-refractivity contribution < 1.29 is 14.3 Å². The summed E-state index contributed by atoms with van der Waals surface area (Å²) in [5.41, 5.74) is 0.746. The molecule has 1 aliphatic heterocycles. The first-order valence-electron chi connectivity index (χ1n) is 6.54. The van der Waals surface area contributed by atoms with Gasteiger partial charge in [-0.25, -0.2) is 0 Å². The van der Waals surface area contributed by atoms with Crippen LogP contribution >= 0.6 is 0 Å². The first-order chi connectivity index (χ1) is 9.28. The smallest absolute Gasteiger partial charge is 0.250 e. The van der Waals surface area contributed by atoms with Crippen LogP contribution in [0.25, 0.3) is 0 Å². The third-order valence-corrected chi connectivity index (χ3v) is 3.08. The zero-order chi connectivity index (χ0) is 13.5. The van der Waals surface area contributed by atoms with E-state index >= 15 is 0 Å². The maximum atomic E-state index is 11.7. The van der Waals surface area contributed by atoms with Gasteiger partial charge >= 0.3 is 0 Å². The van der Waals surface area contributed by atoms with Crippen LogP contribution in [-0.4, -0.2) is 38.8 Å². The molecule has 19 heavy (non-hydrogen) atoms. The highest BCUT2D eigenvalue weighted by Gasteiger charge is 2.14. The predicted molar refractivity (Wildman–Crippen MR) is 73.5 cm³/mol. The molecule has 1 saturated heterocycles. The summed E-state index contributed by atoms with van der Waals surface area (Å²) in [6.07, 6.45) is 2.27. The maximum Gasteiger partial charge on any atom is 0.250 e. The molecule has 1 atom stereocenters. The summed E-state index contributed by atoms with van der Waals surface area (Å²) in [4.78, 5) is 11.7. The molecule has 1 aromatic rings. The Labute approximate surface area is 113 Å². The molecule has 1 aliphatic rings. The molecule has 0 unspecified atom stereocenters. The first kappa shape index (κ1) is 13.8. The van der Waals surface area contributed by atoms with Gasteiger partial charge < -0.3 is 20.1 Å². The van der Waals surface area contributed by atoms with Crippen molar-refractivity contribution in [1.82, 2.24) is 5.32 Å². The lowest BCUT2D eigenvalue weighted by Crippen LogP contribution is -2.37. The molecule has 0 aliphatic carbocycles. The summed E-state index contributed by atoms with van der Waals surface area (Å²) in [6.45, 7) is 1.96. The number of carbonyl (C=O) groups excluding carboxylic acids is 1. The average Bonchev–Trinajstić information content (AvgIpc) is 2.47. The predicted octanol–water partition coefficient (Wildman–Crippen LogP) is 1.40. The molecule has 1 aromatic carbocycles. The Morgan fingerprint density at radius 1 is 1.42 bits per heavy atom. The Morgan fingerprint density at radius 3 is 2.84 bits per heavy atom. The Kier molecular flexibility index (Phi) is 5.18. The standard InChI is InChI=1S/C14H20N2O3/c1-18-12-6-4-11(5-7-12)16-14(17)10-19-13-3-2-8-15-9-13/h4-7,13,15H,2-3,8-10H2,1H3,(H,16,17)/t13-/m0/s1. The van der Waals surface area contributed by atoms with Crippen molar-refractivity contribution in [3.05, 3.63) is 24.3 Å². The first-order valence-corrected chi connectivity index (χ1v) is 6.54. The molecule has 2 rings (SSSR count). The Balaban J connectivity index is 1.73. The highest BCUT2D eigenvalue weighted by Crippen LogP contribution is 2.15. The van der Waals surface area contributed by atoms with Gasteiger partial charge in [0.15, 0.2) is 0 Å². The van der Waals surface area contributed by atoms with Crippen molar-refractivity contribution >= 4 is 11.6 Å². The third kappa shape index (κ3) is 4.54. The molecule has 0 saturated carbocycles. The third-order valence-electron chi connectivity index (χ3n) is 3.08. The summed E-state index contributed by atoms with van der Waals surface area (Å²) in [5, 5.41) is 6.04. The minimum atomic E-state index is -0.129. The van der Waals surface area contributed by atoms with Gasteiger partial charge in [0, 0.05) is 12.2 Å². The fourth-order valence-electron chi connectivity index (χ4n) is 2.03. The molecular formula is C14H20N2O3. The van der Waals surface area contributed by atoms with Crippen LogP contribution in [0, 0.1) is 0 Å². The minimum absolute atomic E-state index is 0.0956. The van der Waals surface area contributed by atoms with Crippen LogP contribution in [-0.2, 0) is 9.53 Å². The number of benzene rings is 1. The number of rotatable bonds is 5. The number of carbonyl (C=O) groups is 1. The molecule has 104 valence electrons. The highest BCUT2D eigenvalue weighted by molar-refractivity contribution is 5.91. The van der Waals surface area contributed by atoms with Crippen molar-refractivity contribution in [1.29, 1.82) is 0 Å². The van der Waals surface area contributed by atoms with Gasteiger partial charge in [-0.15, -0.1) is 0 Å². The monoisotopic (exact) mass is 264 g/mol. The number of piperidine rings is 1. The van der Waals surface area contributed by atoms with Gasteiger partial charge in [-0.05, 0) is 43.7 Å². The van der Waals surface area contributed by atoms with E-state index in [1.165, 1.54) is 0 Å². The lowest BCUT2D eigenvalue weighted by molar-refractivity contribution is -0.122. The second-order valence-electron chi connectivity index (χ2n) is 4.56. The van der Waals surface area contributed by atoms with Gasteiger partial charge in [0.25, 0.3) is 0 Å². The van der Waals surface area contributed by atoms with E-state index in [9.17, 15) is 4.79 Å². The second kappa shape index (κ2) is 7.11. The molecule has 1 fully saturated rings. The van der Waals surface area contributed by atoms with E-state index in [-0.39, 0.29) is 18.6 Å². The van der Waals surface area contributed by atoms with Crippen LogP contribution < -0.4 is 15.4 Å². The van der Waals surface area contributed by atoms with Gasteiger partial charge in [-0.1, -0.05) is 0 Å². The average molecular weight is 264 g/mol. The summed E-state index contributed by atoms with van der Waals surface area (Å²) in [5.74, 6) is 0.637. The van der Waals surface area contributed by atoms with E-state index in [1.807, 2.05) is 12.1 Å². The number of anilines is 1. The molecule has 1 amide bonds. The molecular weight excluding hydrogens is 244 g/mol. The second-order valence-corrected chi connectivity index (χ2v) is 4.56. The summed E-state index contributed by atoms with van der Waals surface area (Å²) in [7, 11) is 1.61. The van der Waals surface area contributed by atoms with E-state index in [0.29, 0.717) is 0 Å². The number of hydrogen-bond donors (Lipinski definition) is 2. The number of ether oxygens (including phenoxy) is 2. The van der Waals surface area contributed by atoms with Crippen molar-refractivity contribution in [3.63, 3.8) is 0 Å². The molecule has 2 N–H and O–H groups in total. The Morgan fingerprint density at radius 2 is 2.21 bits per heavy atom. The van der Waals surface area contributed by atoms with Gasteiger partial charge in [0.05, 0.1) is 13.2 Å². The van der Waals surface area contributed by atoms with Crippen LogP contribution in [0.4, 0.5) is 5.69 Å². The number of hydrogen-bond acceptors (Lipinski definition) is 4. The SMILES string of the molecule is COc1ccc(NC(=O)CO[C@H]2CCCNC2)cc1. The van der Waals surface area contributed by atoms with E-state index in [0.717, 1.165) is 37.4 Å². The van der Waals surface area contributed by atoms with E-state index in [1.54, 1.807) is 19.2 Å². The van der Waals surface area contributed by atoms with Gasteiger partial charge in [-0.3, -0.25) is 4.79 Å². The Hall–Kier alpha value is -1.59. The van der Waals surface area contributed by atoms with Crippen LogP contribution in [0.3, 0.4) is 0 Å². The Bertz CT molecular complexity index is 400. The summed E-state index contributed by atoms with van der Waals surface area (Å²) in [6, 6.07) is 7.22.